The maximum Gasteiger partial charge on any atom is 0.260 e. The van der Waals surface area contributed by atoms with E-state index >= 15 is 0 Å². The lowest BCUT2D eigenvalue weighted by Gasteiger charge is -2.10. The van der Waals surface area contributed by atoms with Crippen LogP contribution in [0.15, 0.2) is 41.0 Å². The van der Waals surface area contributed by atoms with Crippen LogP contribution in [0.4, 0.5) is 5.69 Å². The van der Waals surface area contributed by atoms with Crippen molar-refractivity contribution in [3.05, 3.63) is 52.9 Å². The number of rotatable bonds is 4. The van der Waals surface area contributed by atoms with Crippen molar-refractivity contribution in [2.24, 2.45) is 0 Å². The van der Waals surface area contributed by atoms with Gasteiger partial charge in [-0.1, -0.05) is 12.1 Å². The molecule has 1 N–H and O–H groups in total. The Bertz CT molecular complexity index is 561. The first-order valence-electron chi connectivity index (χ1n) is 5.84. The lowest BCUT2D eigenvalue weighted by Crippen LogP contribution is -2.12. The SMILES string of the molecule is CN(C)Cc1ccc(NC(=O)c2ccoc2Cl)cc1. The molecule has 2 aromatic rings. The summed E-state index contributed by atoms with van der Waals surface area (Å²) in [7, 11) is 4.02. The van der Waals surface area contributed by atoms with Crippen LogP contribution in [0.5, 0.6) is 0 Å². The van der Waals surface area contributed by atoms with E-state index in [1.54, 1.807) is 0 Å². The van der Waals surface area contributed by atoms with Crippen LogP contribution in [0.25, 0.3) is 0 Å². The smallest absolute Gasteiger partial charge is 0.260 e. The van der Waals surface area contributed by atoms with E-state index in [1.165, 1.54) is 17.9 Å². The Labute approximate surface area is 117 Å². The fraction of sp³-hybridized carbons (Fsp3) is 0.214. The van der Waals surface area contributed by atoms with Gasteiger partial charge in [0.05, 0.1) is 11.8 Å². The number of nitrogens with zero attached hydrogens (tertiary/aromatic N) is 1. The molecule has 19 heavy (non-hydrogen) atoms. The summed E-state index contributed by atoms with van der Waals surface area (Å²) in [6.45, 7) is 0.863. The first kappa shape index (κ1) is 13.6. The van der Waals surface area contributed by atoms with Crippen LogP contribution in [0, 0.1) is 0 Å². The summed E-state index contributed by atoms with van der Waals surface area (Å²) in [4.78, 5) is 14.0. The Morgan fingerprint density at radius 3 is 2.47 bits per heavy atom. The van der Waals surface area contributed by atoms with Gasteiger partial charge < -0.3 is 14.6 Å². The van der Waals surface area contributed by atoms with E-state index in [9.17, 15) is 4.79 Å². The molecule has 0 aliphatic carbocycles. The van der Waals surface area contributed by atoms with Crippen LogP contribution >= 0.6 is 11.6 Å². The zero-order valence-corrected chi connectivity index (χ0v) is 11.6. The second-order valence-corrected chi connectivity index (χ2v) is 4.84. The summed E-state index contributed by atoms with van der Waals surface area (Å²) in [5.41, 5.74) is 2.24. The highest BCUT2D eigenvalue weighted by Gasteiger charge is 2.12. The second-order valence-electron chi connectivity index (χ2n) is 4.50. The van der Waals surface area contributed by atoms with Gasteiger partial charge in [0.25, 0.3) is 5.91 Å². The normalized spacial score (nSPS) is 10.7. The van der Waals surface area contributed by atoms with Crippen LogP contribution in [0.1, 0.15) is 15.9 Å². The van der Waals surface area contributed by atoms with Gasteiger partial charge in [0.15, 0.2) is 0 Å². The predicted octanol–water partition coefficient (Wildman–Crippen LogP) is 3.25. The molecule has 1 heterocycles. The molecular weight excluding hydrogens is 264 g/mol. The number of amides is 1. The molecule has 0 aliphatic heterocycles. The summed E-state index contributed by atoms with van der Waals surface area (Å²) in [5, 5.41) is 2.87. The Morgan fingerprint density at radius 1 is 1.26 bits per heavy atom. The van der Waals surface area contributed by atoms with E-state index in [0.717, 1.165) is 12.2 Å². The molecule has 0 atom stereocenters. The third-order valence-electron chi connectivity index (χ3n) is 2.57. The van der Waals surface area contributed by atoms with Crippen LogP contribution in [0.2, 0.25) is 5.22 Å². The monoisotopic (exact) mass is 278 g/mol. The highest BCUT2D eigenvalue weighted by Crippen LogP contribution is 2.18. The minimum Gasteiger partial charge on any atom is -0.452 e. The molecule has 0 fully saturated rings. The van der Waals surface area contributed by atoms with E-state index < -0.39 is 0 Å². The Balaban J connectivity index is 2.04. The maximum absolute atomic E-state index is 11.9. The molecule has 4 nitrogen and oxygen atoms in total. The van der Waals surface area contributed by atoms with Gasteiger partial charge in [0.1, 0.15) is 0 Å². The van der Waals surface area contributed by atoms with Gasteiger partial charge in [0.2, 0.25) is 5.22 Å². The molecule has 0 saturated carbocycles. The molecule has 100 valence electrons. The van der Waals surface area contributed by atoms with E-state index in [2.05, 4.69) is 10.2 Å². The molecule has 0 spiro atoms. The number of benzene rings is 1. The average molecular weight is 279 g/mol. The van der Waals surface area contributed by atoms with Gasteiger partial charge in [-0.3, -0.25) is 4.79 Å². The number of halogens is 1. The number of carbonyl (C=O) groups excluding carboxylic acids is 1. The number of nitrogens with one attached hydrogen (secondary N) is 1. The van der Waals surface area contributed by atoms with Crippen molar-refractivity contribution in [1.82, 2.24) is 4.90 Å². The number of hydrogen-bond donors (Lipinski definition) is 1. The molecule has 1 aromatic carbocycles. The van der Waals surface area contributed by atoms with Crippen molar-refractivity contribution >= 4 is 23.2 Å². The minimum atomic E-state index is -0.279. The highest BCUT2D eigenvalue weighted by atomic mass is 35.5. The van der Waals surface area contributed by atoms with Crippen molar-refractivity contribution in [1.29, 1.82) is 0 Å². The predicted molar refractivity (Wildman–Crippen MR) is 75.5 cm³/mol. The molecular formula is C14H15ClN2O2. The van der Waals surface area contributed by atoms with Gasteiger partial charge in [-0.2, -0.15) is 0 Å². The van der Waals surface area contributed by atoms with Crippen molar-refractivity contribution in [3.8, 4) is 0 Å². The molecule has 0 aliphatic rings. The standard InChI is InChI=1S/C14H15ClN2O2/c1-17(2)9-10-3-5-11(6-4-10)16-14(18)12-7-8-19-13(12)15/h3-8H,9H2,1-2H3,(H,16,18). The molecule has 0 unspecified atom stereocenters. The minimum absolute atomic E-state index is 0.0988. The van der Waals surface area contributed by atoms with Crippen LogP contribution in [-0.4, -0.2) is 24.9 Å². The lowest BCUT2D eigenvalue weighted by molar-refractivity contribution is 0.102. The number of carbonyl (C=O) groups is 1. The summed E-state index contributed by atoms with van der Waals surface area (Å²) in [6.07, 6.45) is 1.39. The van der Waals surface area contributed by atoms with Crippen molar-refractivity contribution in [2.75, 3.05) is 19.4 Å². The van der Waals surface area contributed by atoms with Gasteiger partial charge in [0, 0.05) is 12.2 Å². The van der Waals surface area contributed by atoms with Crippen molar-refractivity contribution in [2.45, 2.75) is 6.54 Å². The molecule has 0 radical (unpaired) electrons. The maximum atomic E-state index is 11.9. The molecule has 2 rings (SSSR count). The summed E-state index contributed by atoms with van der Waals surface area (Å²) >= 11 is 5.75. The fourth-order valence-corrected chi connectivity index (χ4v) is 1.91. The Hall–Kier alpha value is -1.78. The third-order valence-corrected chi connectivity index (χ3v) is 2.87. The van der Waals surface area contributed by atoms with Crippen LogP contribution in [-0.2, 0) is 6.54 Å². The molecule has 1 aromatic heterocycles. The van der Waals surface area contributed by atoms with E-state index in [1.807, 2.05) is 38.4 Å². The summed E-state index contributed by atoms with van der Waals surface area (Å²) in [5.74, 6) is -0.279. The number of furan rings is 1. The van der Waals surface area contributed by atoms with Gasteiger partial charge in [-0.05, 0) is 49.5 Å². The number of hydrogen-bond acceptors (Lipinski definition) is 3. The van der Waals surface area contributed by atoms with E-state index in [0.29, 0.717) is 5.56 Å². The zero-order valence-electron chi connectivity index (χ0n) is 10.8. The molecule has 0 saturated heterocycles. The fourth-order valence-electron chi connectivity index (χ4n) is 1.71. The summed E-state index contributed by atoms with van der Waals surface area (Å²) in [6, 6.07) is 9.23. The molecule has 0 bridgehead atoms. The largest absolute Gasteiger partial charge is 0.452 e. The topological polar surface area (TPSA) is 45.5 Å². The van der Waals surface area contributed by atoms with Crippen LogP contribution in [0.3, 0.4) is 0 Å². The first-order valence-corrected chi connectivity index (χ1v) is 6.22. The average Bonchev–Trinajstić information content (AvgIpc) is 2.77. The zero-order chi connectivity index (χ0) is 13.8. The number of anilines is 1. The third kappa shape index (κ3) is 3.59. The molecule has 5 heteroatoms. The Kier molecular flexibility index (Phi) is 4.24. The Morgan fingerprint density at radius 2 is 1.95 bits per heavy atom. The lowest BCUT2D eigenvalue weighted by atomic mass is 10.2. The quantitative estimate of drug-likeness (QED) is 0.934. The second kappa shape index (κ2) is 5.91. The van der Waals surface area contributed by atoms with E-state index in [-0.39, 0.29) is 11.1 Å². The van der Waals surface area contributed by atoms with Crippen molar-refractivity contribution in [3.63, 3.8) is 0 Å². The molecule has 1 amide bonds. The first-order chi connectivity index (χ1) is 9.06. The van der Waals surface area contributed by atoms with Gasteiger partial charge in [-0.25, -0.2) is 0 Å². The van der Waals surface area contributed by atoms with Crippen LogP contribution < -0.4 is 5.32 Å². The summed E-state index contributed by atoms with van der Waals surface area (Å²) < 4.78 is 4.89. The highest BCUT2D eigenvalue weighted by molar-refractivity contribution is 6.32. The van der Waals surface area contributed by atoms with Gasteiger partial charge >= 0.3 is 0 Å². The van der Waals surface area contributed by atoms with E-state index in [4.69, 9.17) is 16.0 Å². The van der Waals surface area contributed by atoms with Crippen molar-refractivity contribution < 1.29 is 9.21 Å². The van der Waals surface area contributed by atoms with Gasteiger partial charge in [-0.15, -0.1) is 0 Å².